The lowest BCUT2D eigenvalue weighted by Crippen LogP contribution is -2.53. The fraction of sp³-hybridized carbons (Fsp3) is 0.692. The quantitative estimate of drug-likeness (QED) is 0.148. The van der Waals surface area contributed by atoms with Crippen molar-refractivity contribution in [1.82, 2.24) is 10.6 Å². The van der Waals surface area contributed by atoms with Crippen molar-refractivity contribution < 1.29 is 19.5 Å². The van der Waals surface area contributed by atoms with Crippen molar-refractivity contribution in [3.8, 4) is 0 Å². The molecule has 0 fully saturated rings. The zero-order valence-corrected chi connectivity index (χ0v) is 13.4. The number of nitrogens with two attached hydrogens (primary N) is 3. The Balaban J connectivity index is 4.82. The van der Waals surface area contributed by atoms with Crippen LogP contribution in [0.1, 0.15) is 26.7 Å². The third kappa shape index (κ3) is 8.61. The smallest absolute Gasteiger partial charge is 0.326 e. The molecule has 0 rings (SSSR count). The highest BCUT2D eigenvalue weighted by Crippen LogP contribution is 2.05. The minimum atomic E-state index is -1.14. The van der Waals surface area contributed by atoms with Crippen LogP contribution >= 0.6 is 0 Å². The summed E-state index contributed by atoms with van der Waals surface area (Å²) in [4.78, 5) is 38.6. The number of hydrogen-bond donors (Lipinski definition) is 6. The molecule has 0 aromatic carbocycles. The zero-order chi connectivity index (χ0) is 18.0. The number of nitrogens with zero attached hydrogens (tertiary/aromatic N) is 1. The Morgan fingerprint density at radius 3 is 2.22 bits per heavy atom. The van der Waals surface area contributed by atoms with Crippen LogP contribution in [0, 0.1) is 5.92 Å². The SMILES string of the molecule is CC(C)[C@H](NC(=O)[C@H](CCCN=C(N)N)NC(=O)CN)C(=O)O. The first-order chi connectivity index (χ1) is 10.7. The van der Waals surface area contributed by atoms with Gasteiger partial charge in [0.15, 0.2) is 5.96 Å². The molecule has 0 aliphatic rings. The second-order valence-corrected chi connectivity index (χ2v) is 5.34. The van der Waals surface area contributed by atoms with E-state index in [9.17, 15) is 14.4 Å². The molecule has 0 spiro atoms. The molecule has 0 aromatic rings. The predicted molar refractivity (Wildman–Crippen MR) is 85.3 cm³/mol. The molecule has 10 heteroatoms. The highest BCUT2D eigenvalue weighted by Gasteiger charge is 2.27. The Bertz CT molecular complexity index is 448. The second kappa shape index (κ2) is 10.4. The Hall–Kier alpha value is -2.36. The highest BCUT2D eigenvalue weighted by atomic mass is 16.4. The van der Waals surface area contributed by atoms with Gasteiger partial charge in [-0.3, -0.25) is 14.6 Å². The van der Waals surface area contributed by atoms with E-state index in [4.69, 9.17) is 22.3 Å². The van der Waals surface area contributed by atoms with E-state index in [-0.39, 0.29) is 31.4 Å². The van der Waals surface area contributed by atoms with E-state index in [1.807, 2.05) is 0 Å². The molecule has 0 unspecified atom stereocenters. The molecule has 0 bridgehead atoms. The maximum atomic E-state index is 12.2. The van der Waals surface area contributed by atoms with Gasteiger partial charge in [-0.25, -0.2) is 4.79 Å². The number of carboxylic acid groups (broad SMARTS) is 1. The van der Waals surface area contributed by atoms with Gasteiger partial charge in [0.1, 0.15) is 12.1 Å². The van der Waals surface area contributed by atoms with Gasteiger partial charge in [0, 0.05) is 6.54 Å². The lowest BCUT2D eigenvalue weighted by Gasteiger charge is -2.23. The third-order valence-electron chi connectivity index (χ3n) is 3.01. The maximum Gasteiger partial charge on any atom is 0.326 e. The first-order valence-electron chi connectivity index (χ1n) is 7.27. The van der Waals surface area contributed by atoms with Crippen molar-refractivity contribution in [2.24, 2.45) is 28.1 Å². The molecule has 0 aliphatic heterocycles. The summed E-state index contributed by atoms with van der Waals surface area (Å²) >= 11 is 0. The summed E-state index contributed by atoms with van der Waals surface area (Å²) in [5, 5.41) is 14.0. The molecule has 0 saturated heterocycles. The zero-order valence-electron chi connectivity index (χ0n) is 13.4. The molecule has 0 aromatic heterocycles. The lowest BCUT2D eigenvalue weighted by molar-refractivity contribution is -0.143. The lowest BCUT2D eigenvalue weighted by atomic mass is 10.0. The molecule has 0 aliphatic carbocycles. The highest BCUT2D eigenvalue weighted by molar-refractivity contribution is 5.90. The van der Waals surface area contributed by atoms with Crippen LogP contribution in [0.5, 0.6) is 0 Å². The molecule has 10 nitrogen and oxygen atoms in total. The Morgan fingerprint density at radius 1 is 1.17 bits per heavy atom. The third-order valence-corrected chi connectivity index (χ3v) is 3.01. The normalized spacial score (nSPS) is 13.0. The van der Waals surface area contributed by atoms with Gasteiger partial charge < -0.3 is 32.9 Å². The van der Waals surface area contributed by atoms with Crippen molar-refractivity contribution >= 4 is 23.7 Å². The average molecular weight is 330 g/mol. The van der Waals surface area contributed by atoms with Crippen LogP contribution < -0.4 is 27.8 Å². The minimum absolute atomic E-state index is 0.0669. The van der Waals surface area contributed by atoms with Crippen molar-refractivity contribution in [3.63, 3.8) is 0 Å². The first kappa shape index (κ1) is 20.6. The summed E-state index contributed by atoms with van der Waals surface area (Å²) in [5.74, 6) is -2.61. The van der Waals surface area contributed by atoms with Crippen LogP contribution in [0.15, 0.2) is 4.99 Å². The minimum Gasteiger partial charge on any atom is -0.480 e. The van der Waals surface area contributed by atoms with E-state index in [2.05, 4.69) is 15.6 Å². The number of nitrogens with one attached hydrogen (secondary N) is 2. The first-order valence-corrected chi connectivity index (χ1v) is 7.27. The summed E-state index contributed by atoms with van der Waals surface area (Å²) in [5.41, 5.74) is 15.6. The van der Waals surface area contributed by atoms with Crippen LogP contribution in [0.2, 0.25) is 0 Å². The van der Waals surface area contributed by atoms with E-state index >= 15 is 0 Å². The van der Waals surface area contributed by atoms with Crippen LogP contribution in [-0.2, 0) is 14.4 Å². The summed E-state index contributed by atoms with van der Waals surface area (Å²) in [6.07, 6.45) is 0.680. The van der Waals surface area contributed by atoms with E-state index < -0.39 is 29.9 Å². The maximum absolute atomic E-state index is 12.2. The summed E-state index contributed by atoms with van der Waals surface area (Å²) < 4.78 is 0. The molecular weight excluding hydrogens is 304 g/mol. The van der Waals surface area contributed by atoms with Crippen LogP contribution in [-0.4, -0.2) is 54.0 Å². The number of aliphatic carboxylic acids is 1. The molecule has 0 saturated carbocycles. The summed E-state index contributed by atoms with van der Waals surface area (Å²) in [7, 11) is 0. The van der Waals surface area contributed by atoms with Crippen molar-refractivity contribution in [2.75, 3.05) is 13.1 Å². The molecule has 132 valence electrons. The Morgan fingerprint density at radius 2 is 1.78 bits per heavy atom. The summed E-state index contributed by atoms with van der Waals surface area (Å²) in [6, 6.07) is -1.95. The van der Waals surface area contributed by atoms with E-state index in [1.54, 1.807) is 13.8 Å². The number of carbonyl (C=O) groups is 3. The Labute approximate surface area is 134 Å². The molecule has 23 heavy (non-hydrogen) atoms. The van der Waals surface area contributed by atoms with Gasteiger partial charge in [0.2, 0.25) is 11.8 Å². The van der Waals surface area contributed by atoms with Crippen LogP contribution in [0.3, 0.4) is 0 Å². The standard InChI is InChI=1S/C13H26N6O4/c1-7(2)10(12(22)23)19-11(21)8(18-9(20)6-14)4-3-5-17-13(15)16/h7-8,10H,3-6,14H2,1-2H3,(H,18,20)(H,19,21)(H,22,23)(H4,15,16,17)/t8-,10-/m0/s1. The topological polar surface area (TPSA) is 186 Å². The van der Waals surface area contributed by atoms with Gasteiger partial charge >= 0.3 is 5.97 Å². The number of carboxylic acids is 1. The molecule has 2 amide bonds. The van der Waals surface area contributed by atoms with E-state index in [0.29, 0.717) is 6.42 Å². The second-order valence-electron chi connectivity index (χ2n) is 5.34. The fourth-order valence-corrected chi connectivity index (χ4v) is 1.79. The number of amides is 2. The monoisotopic (exact) mass is 330 g/mol. The number of hydrogen-bond acceptors (Lipinski definition) is 5. The van der Waals surface area contributed by atoms with Crippen molar-refractivity contribution in [1.29, 1.82) is 0 Å². The number of aliphatic imine (C=N–C) groups is 1. The average Bonchev–Trinajstić information content (AvgIpc) is 2.46. The number of rotatable bonds is 10. The summed E-state index contributed by atoms with van der Waals surface area (Å²) in [6.45, 7) is 3.36. The van der Waals surface area contributed by atoms with Crippen LogP contribution in [0.4, 0.5) is 0 Å². The van der Waals surface area contributed by atoms with Crippen molar-refractivity contribution in [3.05, 3.63) is 0 Å². The fourth-order valence-electron chi connectivity index (χ4n) is 1.79. The van der Waals surface area contributed by atoms with Crippen LogP contribution in [0.25, 0.3) is 0 Å². The van der Waals surface area contributed by atoms with Gasteiger partial charge in [0.25, 0.3) is 0 Å². The number of carbonyl (C=O) groups excluding carboxylic acids is 2. The van der Waals surface area contributed by atoms with Gasteiger partial charge in [-0.15, -0.1) is 0 Å². The molecule has 0 radical (unpaired) electrons. The van der Waals surface area contributed by atoms with Gasteiger partial charge in [-0.1, -0.05) is 13.8 Å². The van der Waals surface area contributed by atoms with E-state index in [0.717, 1.165) is 0 Å². The van der Waals surface area contributed by atoms with Gasteiger partial charge in [-0.05, 0) is 18.8 Å². The molecule has 9 N–H and O–H groups in total. The predicted octanol–water partition coefficient (Wildman–Crippen LogP) is -2.29. The van der Waals surface area contributed by atoms with Crippen molar-refractivity contribution in [2.45, 2.75) is 38.8 Å². The number of guanidine groups is 1. The molecule has 0 heterocycles. The largest absolute Gasteiger partial charge is 0.480 e. The molecule has 2 atom stereocenters. The van der Waals surface area contributed by atoms with Gasteiger partial charge in [0.05, 0.1) is 6.54 Å². The van der Waals surface area contributed by atoms with E-state index in [1.165, 1.54) is 0 Å². The molecular formula is C13H26N6O4. The van der Waals surface area contributed by atoms with Gasteiger partial charge in [-0.2, -0.15) is 0 Å². The Kier molecular flexibility index (Phi) is 9.31.